The number of hydrogen-bond acceptors (Lipinski definition) is 0. The van der Waals surface area contributed by atoms with Crippen LogP contribution in [-0.2, 0) is 20.8 Å². The Morgan fingerprint density at radius 1 is 1.10 bits per heavy atom. The van der Waals surface area contributed by atoms with Crippen molar-refractivity contribution in [3.8, 4) is 0 Å². The van der Waals surface area contributed by atoms with Gasteiger partial charge in [0, 0.05) is 8.07 Å². The molecular formula is C17H18Cl2SiZr. The van der Waals surface area contributed by atoms with Crippen LogP contribution in [0.5, 0.6) is 0 Å². The number of benzene rings is 1. The molecule has 0 unspecified atom stereocenters. The molecule has 0 heterocycles. The van der Waals surface area contributed by atoms with E-state index in [2.05, 4.69) is 74.6 Å². The van der Waals surface area contributed by atoms with Crippen LogP contribution in [0.2, 0.25) is 13.1 Å². The van der Waals surface area contributed by atoms with Crippen molar-refractivity contribution >= 4 is 46.2 Å². The van der Waals surface area contributed by atoms with Gasteiger partial charge in [-0.25, -0.2) is 12.1 Å². The van der Waals surface area contributed by atoms with Crippen molar-refractivity contribution in [3.63, 3.8) is 0 Å². The standard InChI is InChI=1S/C17H18Si.2ClH.Zr/c1-13-11-14-7-6-10-17(16(14)12-13)18(2,3)15-8-4-5-9-15;;;/h4-12H,1-3H3;2*1H;/q-2;;;+4/p-2. The Hall–Kier alpha value is -0.140. The molecule has 0 aromatic heterocycles. The van der Waals surface area contributed by atoms with E-state index in [0.717, 1.165) is 0 Å². The predicted molar refractivity (Wildman–Crippen MR) is 94.8 cm³/mol. The molecule has 0 atom stereocenters. The van der Waals surface area contributed by atoms with E-state index in [1.807, 2.05) is 0 Å². The molecule has 4 heteroatoms. The van der Waals surface area contributed by atoms with Crippen LogP contribution in [-0.4, -0.2) is 8.07 Å². The van der Waals surface area contributed by atoms with E-state index in [0.29, 0.717) is 0 Å². The Morgan fingerprint density at radius 2 is 1.71 bits per heavy atom. The Labute approximate surface area is 146 Å². The first-order valence-electron chi connectivity index (χ1n) is 6.85. The molecule has 0 amide bonds. The molecule has 3 aromatic rings. The molecule has 3 rings (SSSR count). The second kappa shape index (κ2) is 7.42. The fourth-order valence-corrected chi connectivity index (χ4v) is 5.62. The number of fused-ring (bicyclic) bond motifs is 1. The third-order valence-corrected chi connectivity index (χ3v) is 7.51. The summed E-state index contributed by atoms with van der Waals surface area (Å²) >= 11 is -0.826. The van der Waals surface area contributed by atoms with E-state index in [9.17, 15) is 0 Å². The van der Waals surface area contributed by atoms with Crippen LogP contribution < -0.4 is 10.4 Å². The zero-order valence-corrected chi connectivity index (χ0v) is 17.4. The van der Waals surface area contributed by atoms with Gasteiger partial charge in [0.15, 0.2) is 0 Å². The van der Waals surface area contributed by atoms with Gasteiger partial charge >= 0.3 is 37.9 Å². The third kappa shape index (κ3) is 3.79. The number of hydrogen-bond donors (Lipinski definition) is 0. The van der Waals surface area contributed by atoms with Crippen LogP contribution in [0.1, 0.15) is 5.56 Å². The summed E-state index contributed by atoms with van der Waals surface area (Å²) in [5.74, 6) is 0. The van der Waals surface area contributed by atoms with Gasteiger partial charge in [0.2, 0.25) is 0 Å². The topological polar surface area (TPSA) is 0 Å². The third-order valence-electron chi connectivity index (χ3n) is 3.95. The molecule has 0 saturated carbocycles. The Kier molecular flexibility index (Phi) is 6.08. The molecule has 108 valence electrons. The summed E-state index contributed by atoms with van der Waals surface area (Å²) in [4.78, 5) is 0. The minimum atomic E-state index is -1.55. The summed E-state index contributed by atoms with van der Waals surface area (Å²) in [7, 11) is 8.31. The van der Waals surface area contributed by atoms with Gasteiger partial charge in [0.05, 0.1) is 0 Å². The minimum absolute atomic E-state index is 0.826. The van der Waals surface area contributed by atoms with Crippen LogP contribution >= 0.6 is 17.0 Å². The molecule has 21 heavy (non-hydrogen) atoms. The quantitative estimate of drug-likeness (QED) is 0.420. The van der Waals surface area contributed by atoms with Gasteiger partial charge in [0.25, 0.3) is 0 Å². The zero-order valence-electron chi connectivity index (χ0n) is 12.5. The van der Waals surface area contributed by atoms with Crippen molar-refractivity contribution in [2.75, 3.05) is 0 Å². The summed E-state index contributed by atoms with van der Waals surface area (Å²) in [6.45, 7) is 7.07. The SMILES string of the molecule is Cc1cc2cccc([Si](C)(C)[c-]3cccc3)c2[cH-]1.[Cl][Zr+2][Cl]. The molecule has 0 radical (unpaired) electrons. The molecule has 0 spiro atoms. The summed E-state index contributed by atoms with van der Waals surface area (Å²) in [5, 5.41) is 5.91. The zero-order chi connectivity index (χ0) is 15.5. The Balaban J connectivity index is 0.000000497. The first-order chi connectivity index (χ1) is 10.0. The average Bonchev–Trinajstić information content (AvgIpc) is 3.06. The van der Waals surface area contributed by atoms with Crippen molar-refractivity contribution in [1.29, 1.82) is 0 Å². The van der Waals surface area contributed by atoms with E-state index < -0.39 is 28.9 Å². The van der Waals surface area contributed by atoms with Crippen LogP contribution in [0.15, 0.2) is 54.6 Å². The van der Waals surface area contributed by atoms with Gasteiger partial charge in [-0.15, -0.1) is 39.7 Å². The van der Waals surface area contributed by atoms with Crippen molar-refractivity contribution < 1.29 is 20.8 Å². The summed E-state index contributed by atoms with van der Waals surface area (Å²) in [6, 6.07) is 20.2. The van der Waals surface area contributed by atoms with Gasteiger partial charge in [0.1, 0.15) is 0 Å². The summed E-state index contributed by atoms with van der Waals surface area (Å²) in [5.41, 5.74) is 1.37. The van der Waals surface area contributed by atoms with Crippen LogP contribution in [0.3, 0.4) is 0 Å². The number of aryl methyl sites for hydroxylation is 1. The Morgan fingerprint density at radius 3 is 2.33 bits per heavy atom. The van der Waals surface area contributed by atoms with E-state index in [1.165, 1.54) is 21.5 Å². The molecule has 0 N–H and O–H groups in total. The van der Waals surface area contributed by atoms with Gasteiger partial charge < -0.3 is 0 Å². The fraction of sp³-hybridized carbons (Fsp3) is 0.176. The molecule has 0 aliphatic rings. The van der Waals surface area contributed by atoms with Gasteiger partial charge in [-0.1, -0.05) is 26.1 Å². The van der Waals surface area contributed by atoms with Crippen LogP contribution in [0.4, 0.5) is 0 Å². The van der Waals surface area contributed by atoms with Crippen molar-refractivity contribution in [2.45, 2.75) is 20.0 Å². The van der Waals surface area contributed by atoms with E-state index >= 15 is 0 Å². The molecule has 3 aromatic carbocycles. The average molecular weight is 413 g/mol. The van der Waals surface area contributed by atoms with Gasteiger partial charge in [-0.2, -0.15) is 23.4 Å². The van der Waals surface area contributed by atoms with E-state index in [-0.39, 0.29) is 0 Å². The predicted octanol–water partition coefficient (Wildman–Crippen LogP) is 4.79. The van der Waals surface area contributed by atoms with Crippen molar-refractivity contribution in [1.82, 2.24) is 0 Å². The summed E-state index contributed by atoms with van der Waals surface area (Å²) < 4.78 is 0. The fourth-order valence-electron chi connectivity index (χ4n) is 2.88. The summed E-state index contributed by atoms with van der Waals surface area (Å²) in [6.07, 6.45) is 0. The maximum atomic E-state index is 4.93. The molecular weight excluding hydrogens is 394 g/mol. The van der Waals surface area contributed by atoms with Crippen LogP contribution in [0, 0.1) is 6.92 Å². The first-order valence-corrected chi connectivity index (χ1v) is 16.2. The normalized spacial score (nSPS) is 10.9. The second-order valence-corrected chi connectivity index (χ2v) is 13.8. The first kappa shape index (κ1) is 17.2. The monoisotopic (exact) mass is 410 g/mol. The van der Waals surface area contributed by atoms with Gasteiger partial charge in [-0.05, 0) is 0 Å². The van der Waals surface area contributed by atoms with Crippen molar-refractivity contribution in [3.05, 3.63) is 60.2 Å². The molecule has 0 aliphatic carbocycles. The van der Waals surface area contributed by atoms with E-state index in [1.54, 1.807) is 5.19 Å². The van der Waals surface area contributed by atoms with Gasteiger partial charge in [-0.3, -0.25) is 0 Å². The van der Waals surface area contributed by atoms with Crippen LogP contribution in [0.25, 0.3) is 10.8 Å². The Bertz CT molecular complexity index is 699. The number of rotatable bonds is 2. The van der Waals surface area contributed by atoms with E-state index in [4.69, 9.17) is 17.0 Å². The number of halogens is 2. The molecule has 0 saturated heterocycles. The second-order valence-electron chi connectivity index (χ2n) is 5.71. The molecule has 0 aliphatic heterocycles. The maximum absolute atomic E-state index is 4.93. The molecule has 0 bridgehead atoms. The molecule has 0 fully saturated rings. The molecule has 0 nitrogen and oxygen atoms in total. The van der Waals surface area contributed by atoms with Crippen molar-refractivity contribution in [2.24, 2.45) is 0 Å².